The van der Waals surface area contributed by atoms with Gasteiger partial charge >= 0.3 is 5.97 Å². The van der Waals surface area contributed by atoms with E-state index < -0.39 is 5.97 Å². The Kier molecular flexibility index (Phi) is 8.40. The van der Waals surface area contributed by atoms with Gasteiger partial charge in [-0.15, -0.1) is 0 Å². The largest absolute Gasteiger partial charge is 0.494 e. The Morgan fingerprint density at radius 2 is 1.25 bits per heavy atom. The lowest BCUT2D eigenvalue weighted by Crippen LogP contribution is -2.06. The number of rotatable bonds is 11. The SMILES string of the molecule is CCCCCOc1ccc(C(=O)CCC(=O)c2ccc(C(=O)OC)cc2)cc1. The number of carbonyl (C=O) groups excluding carboxylic acids is 3. The van der Waals surface area contributed by atoms with Crippen LogP contribution in [-0.4, -0.2) is 31.3 Å². The first kappa shape index (κ1) is 21.4. The van der Waals surface area contributed by atoms with Gasteiger partial charge in [-0.25, -0.2) is 4.79 Å². The second kappa shape index (κ2) is 11.0. The summed E-state index contributed by atoms with van der Waals surface area (Å²) in [7, 11) is 1.30. The molecule has 0 spiro atoms. The summed E-state index contributed by atoms with van der Waals surface area (Å²) in [6.45, 7) is 2.81. The first-order valence-corrected chi connectivity index (χ1v) is 9.52. The van der Waals surface area contributed by atoms with E-state index in [0.717, 1.165) is 25.0 Å². The van der Waals surface area contributed by atoms with Crippen LogP contribution in [0.1, 0.15) is 70.1 Å². The average Bonchev–Trinajstić information content (AvgIpc) is 2.74. The maximum atomic E-state index is 12.3. The van der Waals surface area contributed by atoms with Crippen molar-refractivity contribution < 1.29 is 23.9 Å². The molecule has 148 valence electrons. The fraction of sp³-hybridized carbons (Fsp3) is 0.348. The monoisotopic (exact) mass is 382 g/mol. The molecule has 2 aromatic rings. The lowest BCUT2D eigenvalue weighted by molar-refractivity contribution is 0.0600. The number of Topliss-reactive ketones (excluding diaryl/α,β-unsaturated/α-hetero) is 2. The summed E-state index contributed by atoms with van der Waals surface area (Å²) < 4.78 is 10.3. The van der Waals surface area contributed by atoms with E-state index in [2.05, 4.69) is 11.7 Å². The number of carbonyl (C=O) groups is 3. The highest BCUT2D eigenvalue weighted by Gasteiger charge is 2.12. The minimum Gasteiger partial charge on any atom is -0.494 e. The Bertz CT molecular complexity index is 791. The highest BCUT2D eigenvalue weighted by atomic mass is 16.5. The quantitative estimate of drug-likeness (QED) is 0.314. The first-order chi connectivity index (χ1) is 13.5. The number of hydrogen-bond acceptors (Lipinski definition) is 5. The molecule has 0 bridgehead atoms. The number of unbranched alkanes of at least 4 members (excludes halogenated alkanes) is 2. The molecule has 5 heteroatoms. The number of esters is 1. The highest BCUT2D eigenvalue weighted by molar-refractivity contribution is 6.02. The Balaban J connectivity index is 1.84. The number of ether oxygens (including phenoxy) is 2. The minimum absolute atomic E-state index is 0.0861. The van der Waals surface area contributed by atoms with Gasteiger partial charge in [0.2, 0.25) is 0 Å². The van der Waals surface area contributed by atoms with Crippen molar-refractivity contribution in [2.24, 2.45) is 0 Å². The zero-order chi connectivity index (χ0) is 20.4. The minimum atomic E-state index is -0.452. The molecule has 0 amide bonds. The molecule has 0 saturated carbocycles. The van der Waals surface area contributed by atoms with Gasteiger partial charge in [-0.2, -0.15) is 0 Å². The van der Waals surface area contributed by atoms with Crippen LogP contribution in [0.2, 0.25) is 0 Å². The molecule has 2 rings (SSSR count). The summed E-state index contributed by atoms with van der Waals surface area (Å²) >= 11 is 0. The van der Waals surface area contributed by atoms with E-state index in [0.29, 0.717) is 23.3 Å². The van der Waals surface area contributed by atoms with Gasteiger partial charge < -0.3 is 9.47 Å². The Hall–Kier alpha value is -2.95. The zero-order valence-corrected chi connectivity index (χ0v) is 16.4. The van der Waals surface area contributed by atoms with E-state index in [1.165, 1.54) is 7.11 Å². The van der Waals surface area contributed by atoms with E-state index in [9.17, 15) is 14.4 Å². The molecule has 2 aromatic carbocycles. The Labute approximate surface area is 165 Å². The summed E-state index contributed by atoms with van der Waals surface area (Å²) in [5, 5.41) is 0. The zero-order valence-electron chi connectivity index (χ0n) is 16.4. The Morgan fingerprint density at radius 3 is 1.75 bits per heavy atom. The van der Waals surface area contributed by atoms with Crippen molar-refractivity contribution in [3.63, 3.8) is 0 Å². The van der Waals surface area contributed by atoms with Gasteiger partial charge in [0.15, 0.2) is 11.6 Å². The second-order valence-electron chi connectivity index (χ2n) is 6.50. The predicted octanol–water partition coefficient (Wildman–Crippen LogP) is 4.89. The molecule has 0 radical (unpaired) electrons. The van der Waals surface area contributed by atoms with Crippen LogP contribution in [0.4, 0.5) is 0 Å². The number of benzene rings is 2. The van der Waals surface area contributed by atoms with Gasteiger partial charge in [0.05, 0.1) is 19.3 Å². The van der Waals surface area contributed by atoms with Crippen molar-refractivity contribution in [2.45, 2.75) is 39.0 Å². The maximum absolute atomic E-state index is 12.3. The molecule has 0 aliphatic carbocycles. The fourth-order valence-corrected chi connectivity index (χ4v) is 2.70. The van der Waals surface area contributed by atoms with Crippen LogP contribution >= 0.6 is 0 Å². The number of hydrogen-bond donors (Lipinski definition) is 0. The topological polar surface area (TPSA) is 69.7 Å². The third kappa shape index (κ3) is 6.34. The summed E-state index contributed by atoms with van der Waals surface area (Å²) in [4.78, 5) is 36.0. The molecule has 0 N–H and O–H groups in total. The van der Waals surface area contributed by atoms with Crippen LogP contribution < -0.4 is 4.74 Å². The van der Waals surface area contributed by atoms with Crippen molar-refractivity contribution in [2.75, 3.05) is 13.7 Å². The lowest BCUT2D eigenvalue weighted by Gasteiger charge is -2.07. The van der Waals surface area contributed by atoms with Crippen LogP contribution in [0.3, 0.4) is 0 Å². The molecular weight excluding hydrogens is 356 g/mol. The van der Waals surface area contributed by atoms with Gasteiger partial charge in [-0.3, -0.25) is 9.59 Å². The summed E-state index contributed by atoms with van der Waals surface area (Å²) in [5.41, 5.74) is 1.41. The van der Waals surface area contributed by atoms with Crippen LogP contribution in [0.5, 0.6) is 5.75 Å². The molecule has 5 nitrogen and oxygen atoms in total. The van der Waals surface area contributed by atoms with Gasteiger partial charge in [0, 0.05) is 24.0 Å². The number of methoxy groups -OCH3 is 1. The van der Waals surface area contributed by atoms with Gasteiger partial charge in [-0.1, -0.05) is 31.9 Å². The second-order valence-corrected chi connectivity index (χ2v) is 6.50. The van der Waals surface area contributed by atoms with Crippen LogP contribution in [0.25, 0.3) is 0 Å². The fourth-order valence-electron chi connectivity index (χ4n) is 2.70. The first-order valence-electron chi connectivity index (χ1n) is 9.52. The normalized spacial score (nSPS) is 10.4. The molecule has 0 fully saturated rings. The summed E-state index contributed by atoms with van der Waals surface area (Å²) in [6, 6.07) is 13.3. The molecular formula is C23H26O5. The predicted molar refractivity (Wildman–Crippen MR) is 107 cm³/mol. The van der Waals surface area contributed by atoms with E-state index in [4.69, 9.17) is 4.74 Å². The highest BCUT2D eigenvalue weighted by Crippen LogP contribution is 2.16. The lowest BCUT2D eigenvalue weighted by atomic mass is 10.0. The molecule has 0 saturated heterocycles. The van der Waals surface area contributed by atoms with Crippen molar-refractivity contribution in [1.29, 1.82) is 0 Å². The van der Waals surface area contributed by atoms with E-state index in [1.54, 1.807) is 48.5 Å². The maximum Gasteiger partial charge on any atom is 0.337 e. The van der Waals surface area contributed by atoms with Crippen molar-refractivity contribution in [3.05, 3.63) is 65.2 Å². The summed E-state index contributed by atoms with van der Waals surface area (Å²) in [6.07, 6.45) is 3.54. The van der Waals surface area contributed by atoms with Crippen LogP contribution in [-0.2, 0) is 4.74 Å². The molecule has 0 aromatic heterocycles. The van der Waals surface area contributed by atoms with E-state index in [1.807, 2.05) is 0 Å². The smallest absolute Gasteiger partial charge is 0.337 e. The molecule has 0 aliphatic rings. The van der Waals surface area contributed by atoms with Gasteiger partial charge in [0.1, 0.15) is 5.75 Å². The van der Waals surface area contributed by atoms with Crippen molar-refractivity contribution in [3.8, 4) is 5.75 Å². The van der Waals surface area contributed by atoms with E-state index >= 15 is 0 Å². The standard InChI is InChI=1S/C23H26O5/c1-3-4-5-16-28-20-12-10-18(11-13-20)22(25)15-14-21(24)17-6-8-19(9-7-17)23(26)27-2/h6-13H,3-5,14-16H2,1-2H3. The van der Waals surface area contributed by atoms with Gasteiger partial charge in [-0.05, 0) is 42.8 Å². The van der Waals surface area contributed by atoms with E-state index in [-0.39, 0.29) is 24.4 Å². The van der Waals surface area contributed by atoms with Gasteiger partial charge in [0.25, 0.3) is 0 Å². The van der Waals surface area contributed by atoms with Crippen molar-refractivity contribution in [1.82, 2.24) is 0 Å². The molecule has 28 heavy (non-hydrogen) atoms. The average molecular weight is 382 g/mol. The Morgan fingerprint density at radius 1 is 0.750 bits per heavy atom. The molecule has 0 aliphatic heterocycles. The van der Waals surface area contributed by atoms with Crippen LogP contribution in [0, 0.1) is 0 Å². The van der Waals surface area contributed by atoms with Crippen LogP contribution in [0.15, 0.2) is 48.5 Å². The molecule has 0 unspecified atom stereocenters. The summed E-state index contributed by atoms with van der Waals surface area (Å²) in [5.74, 6) is 0.0686. The third-order valence-corrected chi connectivity index (χ3v) is 4.40. The third-order valence-electron chi connectivity index (χ3n) is 4.40. The molecule has 0 heterocycles. The van der Waals surface area contributed by atoms with Crippen molar-refractivity contribution >= 4 is 17.5 Å². The molecule has 0 atom stereocenters. The number of ketones is 2.